The van der Waals surface area contributed by atoms with Crippen molar-refractivity contribution in [3.05, 3.63) is 52.0 Å². The Balaban J connectivity index is 2.28. The monoisotopic (exact) mass is 352 g/mol. The van der Waals surface area contributed by atoms with Gasteiger partial charge in [0.2, 0.25) is 0 Å². The topological polar surface area (TPSA) is 66.0 Å². The number of nitrogens with zero attached hydrogens (tertiary/aromatic N) is 1. The summed E-state index contributed by atoms with van der Waals surface area (Å²) in [5, 5.41) is 9.08. The molecule has 21 heavy (non-hydrogen) atoms. The van der Waals surface area contributed by atoms with E-state index in [-0.39, 0.29) is 28.0 Å². The zero-order valence-corrected chi connectivity index (χ0v) is 11.9. The summed E-state index contributed by atoms with van der Waals surface area (Å²) >= 11 is 3.22. The minimum Gasteiger partial charge on any atom is -0.478 e. The Bertz CT molecular complexity index is 877. The number of carboxylic acid groups (broad SMARTS) is 1. The lowest BCUT2D eigenvalue weighted by molar-refractivity contribution is 0.0698. The lowest BCUT2D eigenvalue weighted by Gasteiger charge is -1.99. The lowest BCUT2D eigenvalue weighted by atomic mass is 10.2. The first-order chi connectivity index (χ1) is 9.95. The summed E-state index contributed by atoms with van der Waals surface area (Å²) < 4.78 is 27.9. The number of fused-ring (bicyclic) bond motifs is 1. The summed E-state index contributed by atoms with van der Waals surface area (Å²) in [6.07, 6.45) is 0. The molecule has 0 spiro atoms. The standard InChI is InChI=1S/C14H7BrF2N2O2/c15-6-1-2-10(17)8(3-6)13-18-11-5-7(16)4-9(14(20)21)12(11)19-13/h1-5H,(H,18,19)(H,20,21). The van der Waals surface area contributed by atoms with E-state index < -0.39 is 17.6 Å². The minimum absolute atomic E-state index is 0.0817. The van der Waals surface area contributed by atoms with Crippen molar-refractivity contribution < 1.29 is 18.7 Å². The van der Waals surface area contributed by atoms with Gasteiger partial charge < -0.3 is 10.1 Å². The normalized spacial score (nSPS) is 11.0. The first kappa shape index (κ1) is 13.7. The Morgan fingerprint density at radius 1 is 1.24 bits per heavy atom. The second kappa shape index (κ2) is 4.92. The van der Waals surface area contributed by atoms with Crippen LogP contribution in [0.5, 0.6) is 0 Å². The summed E-state index contributed by atoms with van der Waals surface area (Å²) in [6.45, 7) is 0. The van der Waals surface area contributed by atoms with Crippen LogP contribution in [0.1, 0.15) is 10.4 Å². The Morgan fingerprint density at radius 2 is 2.00 bits per heavy atom. The summed E-state index contributed by atoms with van der Waals surface area (Å²) in [5.41, 5.74) is 0.167. The van der Waals surface area contributed by atoms with E-state index in [0.29, 0.717) is 4.47 Å². The van der Waals surface area contributed by atoms with E-state index >= 15 is 0 Å². The fraction of sp³-hybridized carbons (Fsp3) is 0. The van der Waals surface area contributed by atoms with Crippen molar-refractivity contribution in [1.29, 1.82) is 0 Å². The predicted molar refractivity (Wildman–Crippen MR) is 76.1 cm³/mol. The minimum atomic E-state index is -1.30. The number of hydrogen-bond acceptors (Lipinski definition) is 2. The number of hydrogen-bond donors (Lipinski definition) is 2. The molecule has 0 unspecified atom stereocenters. The average molecular weight is 353 g/mol. The molecule has 106 valence electrons. The van der Waals surface area contributed by atoms with Crippen molar-refractivity contribution >= 4 is 32.9 Å². The van der Waals surface area contributed by atoms with Crippen molar-refractivity contribution in [3.8, 4) is 11.4 Å². The van der Waals surface area contributed by atoms with Crippen molar-refractivity contribution in [2.45, 2.75) is 0 Å². The number of H-pyrrole nitrogens is 1. The van der Waals surface area contributed by atoms with Crippen LogP contribution >= 0.6 is 15.9 Å². The number of carbonyl (C=O) groups is 1. The van der Waals surface area contributed by atoms with Crippen LogP contribution in [0, 0.1) is 11.6 Å². The first-order valence-electron chi connectivity index (χ1n) is 5.83. The number of aromatic carboxylic acids is 1. The molecule has 1 heterocycles. The first-order valence-corrected chi connectivity index (χ1v) is 6.63. The van der Waals surface area contributed by atoms with Crippen LogP contribution in [0.4, 0.5) is 8.78 Å². The van der Waals surface area contributed by atoms with Gasteiger partial charge in [0.25, 0.3) is 0 Å². The fourth-order valence-corrected chi connectivity index (χ4v) is 2.41. The number of halogens is 3. The maximum atomic E-state index is 13.9. The van der Waals surface area contributed by atoms with Crippen LogP contribution in [0.3, 0.4) is 0 Å². The van der Waals surface area contributed by atoms with Gasteiger partial charge in [-0.2, -0.15) is 0 Å². The summed E-state index contributed by atoms with van der Waals surface area (Å²) in [7, 11) is 0. The molecule has 0 atom stereocenters. The van der Waals surface area contributed by atoms with Crippen LogP contribution < -0.4 is 0 Å². The number of rotatable bonds is 2. The molecule has 0 aliphatic carbocycles. The largest absolute Gasteiger partial charge is 0.478 e. The van der Waals surface area contributed by atoms with E-state index in [1.165, 1.54) is 18.2 Å². The Hall–Kier alpha value is -2.28. The van der Waals surface area contributed by atoms with Gasteiger partial charge in [0.05, 0.1) is 16.6 Å². The third kappa shape index (κ3) is 2.40. The van der Waals surface area contributed by atoms with Gasteiger partial charge in [-0.25, -0.2) is 18.6 Å². The molecular weight excluding hydrogens is 346 g/mol. The van der Waals surface area contributed by atoms with Crippen LogP contribution in [0.25, 0.3) is 22.4 Å². The number of aromatic amines is 1. The molecule has 0 aliphatic heterocycles. The highest BCUT2D eigenvalue weighted by Crippen LogP contribution is 2.28. The molecule has 2 N–H and O–H groups in total. The maximum absolute atomic E-state index is 13.9. The molecule has 3 rings (SSSR count). The van der Waals surface area contributed by atoms with Gasteiger partial charge >= 0.3 is 5.97 Å². The maximum Gasteiger partial charge on any atom is 0.338 e. The highest BCUT2D eigenvalue weighted by atomic mass is 79.9. The Labute approximate surface area is 125 Å². The van der Waals surface area contributed by atoms with E-state index in [4.69, 9.17) is 5.11 Å². The van der Waals surface area contributed by atoms with Gasteiger partial charge in [-0.15, -0.1) is 0 Å². The molecule has 1 aromatic heterocycles. The highest BCUT2D eigenvalue weighted by Gasteiger charge is 2.17. The van der Waals surface area contributed by atoms with Gasteiger partial charge in [0.15, 0.2) is 0 Å². The van der Waals surface area contributed by atoms with Crippen LogP contribution in [0.2, 0.25) is 0 Å². The highest BCUT2D eigenvalue weighted by molar-refractivity contribution is 9.10. The van der Waals surface area contributed by atoms with E-state index in [0.717, 1.165) is 12.1 Å². The molecule has 0 bridgehead atoms. The zero-order chi connectivity index (χ0) is 15.1. The summed E-state index contributed by atoms with van der Waals surface area (Å²) in [5.74, 6) is -2.39. The summed E-state index contributed by atoms with van der Waals surface area (Å²) in [6, 6.07) is 6.29. The van der Waals surface area contributed by atoms with Crippen molar-refractivity contribution in [2.75, 3.05) is 0 Å². The third-order valence-corrected chi connectivity index (χ3v) is 3.46. The predicted octanol–water partition coefficient (Wildman–Crippen LogP) is 3.97. The van der Waals surface area contributed by atoms with Crippen molar-refractivity contribution in [2.24, 2.45) is 0 Å². The van der Waals surface area contributed by atoms with Gasteiger partial charge in [-0.1, -0.05) is 15.9 Å². The smallest absolute Gasteiger partial charge is 0.338 e. The molecule has 0 aliphatic rings. The van der Waals surface area contributed by atoms with Crippen LogP contribution in [-0.4, -0.2) is 21.0 Å². The molecule has 3 aromatic rings. The third-order valence-electron chi connectivity index (χ3n) is 2.97. The van der Waals surface area contributed by atoms with Crippen molar-refractivity contribution in [3.63, 3.8) is 0 Å². The van der Waals surface area contributed by atoms with Crippen LogP contribution in [0.15, 0.2) is 34.8 Å². The molecule has 0 radical (unpaired) electrons. The lowest BCUT2D eigenvalue weighted by Crippen LogP contribution is -1.98. The molecule has 0 amide bonds. The van der Waals surface area contributed by atoms with Crippen LogP contribution in [-0.2, 0) is 0 Å². The van der Waals surface area contributed by atoms with E-state index in [2.05, 4.69) is 25.9 Å². The molecule has 0 saturated carbocycles. The SMILES string of the molecule is O=C(O)c1cc(F)cc2[nH]c(-c3cc(Br)ccc3F)nc12. The second-order valence-corrected chi connectivity index (χ2v) is 5.28. The van der Waals surface area contributed by atoms with Gasteiger partial charge in [0, 0.05) is 4.47 Å². The van der Waals surface area contributed by atoms with Gasteiger partial charge in [0.1, 0.15) is 23.0 Å². The molecule has 2 aromatic carbocycles. The number of imidazole rings is 1. The average Bonchev–Trinajstić information content (AvgIpc) is 2.83. The Kier molecular flexibility index (Phi) is 3.21. The van der Waals surface area contributed by atoms with Gasteiger partial charge in [-0.05, 0) is 30.3 Å². The number of carboxylic acids is 1. The molecule has 4 nitrogen and oxygen atoms in total. The number of benzene rings is 2. The number of aromatic nitrogens is 2. The van der Waals surface area contributed by atoms with E-state index in [9.17, 15) is 13.6 Å². The quantitative estimate of drug-likeness (QED) is 0.733. The molecule has 0 saturated heterocycles. The fourth-order valence-electron chi connectivity index (χ4n) is 2.05. The molecule has 7 heteroatoms. The van der Waals surface area contributed by atoms with Crippen molar-refractivity contribution in [1.82, 2.24) is 9.97 Å². The second-order valence-electron chi connectivity index (χ2n) is 4.36. The van der Waals surface area contributed by atoms with E-state index in [1.807, 2.05) is 0 Å². The molecule has 0 fully saturated rings. The molecular formula is C14H7BrF2N2O2. The number of nitrogens with one attached hydrogen (secondary N) is 1. The van der Waals surface area contributed by atoms with E-state index in [1.54, 1.807) is 0 Å². The van der Waals surface area contributed by atoms with Gasteiger partial charge in [-0.3, -0.25) is 0 Å². The Morgan fingerprint density at radius 3 is 2.71 bits per heavy atom. The summed E-state index contributed by atoms with van der Waals surface area (Å²) in [4.78, 5) is 18.0. The zero-order valence-electron chi connectivity index (χ0n) is 10.3.